The number of hydrogen-bond donors (Lipinski definition) is 2. The van der Waals surface area contributed by atoms with Crippen LogP contribution in [0.3, 0.4) is 0 Å². The minimum Gasteiger partial charge on any atom is -0.497 e. The molecule has 5 rings (SSSR count). The van der Waals surface area contributed by atoms with Gasteiger partial charge in [0.05, 0.1) is 24.2 Å². The van der Waals surface area contributed by atoms with Crippen LogP contribution in [-0.4, -0.2) is 40.1 Å². The second kappa shape index (κ2) is 9.38. The third-order valence-corrected chi connectivity index (χ3v) is 5.71. The molecule has 1 aliphatic rings. The normalized spacial score (nSPS) is 14.2. The lowest BCUT2D eigenvalue weighted by molar-refractivity contribution is 0.404. The fourth-order valence-corrected chi connectivity index (χ4v) is 3.98. The molecule has 0 bridgehead atoms. The van der Waals surface area contributed by atoms with Crippen molar-refractivity contribution in [1.82, 2.24) is 25.3 Å². The van der Waals surface area contributed by atoms with Crippen molar-refractivity contribution < 1.29 is 13.9 Å². The molecule has 1 saturated heterocycles. The van der Waals surface area contributed by atoms with Crippen LogP contribution in [0.1, 0.15) is 24.6 Å². The van der Waals surface area contributed by atoms with Crippen molar-refractivity contribution in [3.63, 3.8) is 0 Å². The first-order valence-corrected chi connectivity index (χ1v) is 10.9. The van der Waals surface area contributed by atoms with E-state index in [1.807, 2.05) is 24.3 Å². The zero-order valence-corrected chi connectivity index (χ0v) is 18.2. The van der Waals surface area contributed by atoms with Crippen molar-refractivity contribution in [2.75, 3.05) is 20.2 Å². The van der Waals surface area contributed by atoms with Crippen LogP contribution in [0.25, 0.3) is 22.6 Å². The monoisotopic (exact) mass is 445 g/mol. The minimum atomic E-state index is -0.287. The fourth-order valence-electron chi connectivity index (χ4n) is 3.98. The molecule has 33 heavy (non-hydrogen) atoms. The van der Waals surface area contributed by atoms with Crippen molar-refractivity contribution in [3.05, 3.63) is 72.4 Å². The number of rotatable bonds is 6. The topological polar surface area (TPSA) is 85.0 Å². The SMILES string of the molecule is COc1cccc(Oc2nccc(-c3[nH]c(C4CCNCC4)nc3-c3ccc(F)cc3)n2)c1. The van der Waals surface area contributed by atoms with Crippen molar-refractivity contribution in [2.45, 2.75) is 18.8 Å². The summed E-state index contributed by atoms with van der Waals surface area (Å²) in [5.74, 6) is 2.21. The van der Waals surface area contributed by atoms with E-state index in [4.69, 9.17) is 14.5 Å². The van der Waals surface area contributed by atoms with Crippen molar-refractivity contribution in [3.8, 4) is 40.2 Å². The molecule has 3 heterocycles. The summed E-state index contributed by atoms with van der Waals surface area (Å²) in [6, 6.07) is 15.6. The number of hydrogen-bond acceptors (Lipinski definition) is 6. The Morgan fingerprint density at radius 1 is 0.970 bits per heavy atom. The van der Waals surface area contributed by atoms with Crippen LogP contribution in [0.15, 0.2) is 60.8 Å². The Kier molecular flexibility index (Phi) is 5.99. The molecule has 0 aliphatic carbocycles. The average Bonchev–Trinajstić information content (AvgIpc) is 3.31. The first-order chi connectivity index (χ1) is 16.2. The van der Waals surface area contributed by atoms with E-state index in [1.54, 1.807) is 31.5 Å². The molecule has 0 atom stereocenters. The van der Waals surface area contributed by atoms with E-state index in [1.165, 1.54) is 12.1 Å². The summed E-state index contributed by atoms with van der Waals surface area (Å²) in [5, 5.41) is 3.38. The molecule has 0 unspecified atom stereocenters. The van der Waals surface area contributed by atoms with Crippen LogP contribution in [0.4, 0.5) is 4.39 Å². The average molecular weight is 445 g/mol. The van der Waals surface area contributed by atoms with Gasteiger partial charge >= 0.3 is 6.01 Å². The molecule has 2 aromatic carbocycles. The summed E-state index contributed by atoms with van der Waals surface area (Å²) >= 11 is 0. The van der Waals surface area contributed by atoms with Gasteiger partial charge in [-0.2, -0.15) is 4.98 Å². The summed E-state index contributed by atoms with van der Waals surface area (Å²) in [6.07, 6.45) is 3.66. The number of benzene rings is 2. The van der Waals surface area contributed by atoms with Gasteiger partial charge in [-0.05, 0) is 68.4 Å². The van der Waals surface area contributed by atoms with E-state index >= 15 is 0 Å². The lowest BCUT2D eigenvalue weighted by Crippen LogP contribution is -2.27. The second-order valence-corrected chi connectivity index (χ2v) is 7.88. The van der Waals surface area contributed by atoms with Crippen molar-refractivity contribution in [1.29, 1.82) is 0 Å². The van der Waals surface area contributed by atoms with E-state index in [9.17, 15) is 4.39 Å². The van der Waals surface area contributed by atoms with Gasteiger partial charge in [-0.25, -0.2) is 14.4 Å². The Morgan fingerprint density at radius 3 is 2.55 bits per heavy atom. The molecule has 0 radical (unpaired) electrons. The highest BCUT2D eigenvalue weighted by Crippen LogP contribution is 2.34. The summed E-state index contributed by atoms with van der Waals surface area (Å²) in [6.45, 7) is 1.91. The number of aromatic amines is 1. The molecule has 0 amide bonds. The third kappa shape index (κ3) is 4.70. The molecule has 0 spiro atoms. The number of methoxy groups -OCH3 is 1. The van der Waals surface area contributed by atoms with E-state index in [0.29, 0.717) is 23.1 Å². The second-order valence-electron chi connectivity index (χ2n) is 7.88. The number of aromatic nitrogens is 4. The van der Waals surface area contributed by atoms with Crippen LogP contribution < -0.4 is 14.8 Å². The summed E-state index contributed by atoms with van der Waals surface area (Å²) < 4.78 is 24.7. The third-order valence-electron chi connectivity index (χ3n) is 5.71. The molecule has 168 valence electrons. The smallest absolute Gasteiger partial charge is 0.322 e. The van der Waals surface area contributed by atoms with Crippen LogP contribution in [0.5, 0.6) is 17.5 Å². The van der Waals surface area contributed by atoms with Gasteiger partial charge in [-0.3, -0.25) is 0 Å². The maximum atomic E-state index is 13.6. The molecule has 1 fully saturated rings. The largest absolute Gasteiger partial charge is 0.497 e. The van der Waals surface area contributed by atoms with Gasteiger partial charge in [0.15, 0.2) is 0 Å². The maximum Gasteiger partial charge on any atom is 0.322 e. The van der Waals surface area contributed by atoms with E-state index < -0.39 is 0 Å². The van der Waals surface area contributed by atoms with Crippen molar-refractivity contribution >= 4 is 0 Å². The maximum absolute atomic E-state index is 13.6. The lowest BCUT2D eigenvalue weighted by Gasteiger charge is -2.20. The molecule has 4 aromatic rings. The van der Waals surface area contributed by atoms with Crippen LogP contribution in [-0.2, 0) is 0 Å². The molecule has 1 aliphatic heterocycles. The van der Waals surface area contributed by atoms with Gasteiger partial charge in [-0.1, -0.05) is 6.07 Å². The quantitative estimate of drug-likeness (QED) is 0.437. The van der Waals surface area contributed by atoms with Crippen LogP contribution in [0.2, 0.25) is 0 Å². The van der Waals surface area contributed by atoms with Crippen LogP contribution >= 0.6 is 0 Å². The summed E-state index contributed by atoms with van der Waals surface area (Å²) in [4.78, 5) is 17.3. The van der Waals surface area contributed by atoms with Gasteiger partial charge in [0.2, 0.25) is 0 Å². The molecular weight excluding hydrogens is 421 g/mol. The zero-order chi connectivity index (χ0) is 22.6. The molecular formula is C25H24FN5O2. The Hall–Kier alpha value is -3.78. The van der Waals surface area contributed by atoms with Gasteiger partial charge in [0.25, 0.3) is 0 Å². The zero-order valence-electron chi connectivity index (χ0n) is 18.2. The van der Waals surface area contributed by atoms with Gasteiger partial charge < -0.3 is 19.8 Å². The standard InChI is InChI=1S/C25H24FN5O2/c1-32-19-3-2-4-20(15-19)33-25-28-14-11-21(29-25)23-22(16-5-7-18(26)8-6-16)30-24(31-23)17-9-12-27-13-10-17/h2-8,11,14-15,17,27H,9-10,12-13H2,1H3,(H,30,31). The number of nitrogens with zero attached hydrogens (tertiary/aromatic N) is 3. The van der Waals surface area contributed by atoms with E-state index in [2.05, 4.69) is 20.3 Å². The predicted molar refractivity (Wildman–Crippen MR) is 123 cm³/mol. The lowest BCUT2D eigenvalue weighted by atomic mass is 9.98. The summed E-state index contributed by atoms with van der Waals surface area (Å²) in [7, 11) is 1.60. The molecule has 8 heteroatoms. The fraction of sp³-hybridized carbons (Fsp3) is 0.240. The predicted octanol–water partition coefficient (Wildman–Crippen LogP) is 4.94. The molecule has 0 saturated carbocycles. The van der Waals surface area contributed by atoms with Crippen molar-refractivity contribution in [2.24, 2.45) is 0 Å². The van der Waals surface area contributed by atoms with E-state index in [0.717, 1.165) is 48.7 Å². The van der Waals surface area contributed by atoms with Crippen LogP contribution in [0, 0.1) is 5.82 Å². The first-order valence-electron chi connectivity index (χ1n) is 10.9. The Labute approximate surface area is 191 Å². The minimum absolute atomic E-state index is 0.212. The number of piperidine rings is 1. The number of ether oxygens (including phenoxy) is 2. The first kappa shape index (κ1) is 21.1. The Morgan fingerprint density at radius 2 is 1.76 bits per heavy atom. The number of imidazole rings is 1. The highest BCUT2D eigenvalue weighted by Gasteiger charge is 2.23. The number of halogens is 1. The Bertz CT molecular complexity index is 1240. The Balaban J connectivity index is 1.52. The molecule has 7 nitrogen and oxygen atoms in total. The summed E-state index contributed by atoms with van der Waals surface area (Å²) in [5.41, 5.74) is 2.95. The van der Waals surface area contributed by atoms with Gasteiger partial charge in [-0.15, -0.1) is 0 Å². The highest BCUT2D eigenvalue weighted by atomic mass is 19.1. The number of nitrogens with one attached hydrogen (secondary N) is 2. The molecule has 2 N–H and O–H groups in total. The molecule has 2 aromatic heterocycles. The van der Waals surface area contributed by atoms with Gasteiger partial charge in [0.1, 0.15) is 23.1 Å². The number of H-pyrrole nitrogens is 1. The van der Waals surface area contributed by atoms with E-state index in [-0.39, 0.29) is 11.8 Å². The highest BCUT2D eigenvalue weighted by molar-refractivity contribution is 5.76. The van der Waals surface area contributed by atoms with Gasteiger partial charge in [0, 0.05) is 23.7 Å².